The minimum atomic E-state index is -0.454. The molecule has 0 amide bonds. The molecule has 4 nitrogen and oxygen atoms in total. The van der Waals surface area contributed by atoms with Crippen molar-refractivity contribution in [2.45, 2.75) is 0 Å². The summed E-state index contributed by atoms with van der Waals surface area (Å²) in [6.07, 6.45) is 1.60. The van der Waals surface area contributed by atoms with Gasteiger partial charge in [-0.05, 0) is 24.3 Å². The highest BCUT2D eigenvalue weighted by Gasteiger charge is 2.10. The summed E-state index contributed by atoms with van der Waals surface area (Å²) in [6, 6.07) is 9.11. The predicted molar refractivity (Wildman–Crippen MR) is 47.2 cm³/mol. The summed E-state index contributed by atoms with van der Waals surface area (Å²) in [4.78, 5) is 14.1. The lowest BCUT2D eigenvalue weighted by Gasteiger charge is -1.95. The van der Waals surface area contributed by atoms with E-state index in [4.69, 9.17) is 0 Å². The summed E-state index contributed by atoms with van der Waals surface area (Å²) in [5.74, 6) is 0. The van der Waals surface area contributed by atoms with Crippen LogP contribution in [0.1, 0.15) is 0 Å². The third kappa shape index (κ3) is 1.22. The molecule has 0 bridgehead atoms. The van der Waals surface area contributed by atoms with E-state index in [2.05, 4.69) is 11.1 Å². The van der Waals surface area contributed by atoms with E-state index >= 15 is 0 Å². The highest BCUT2D eigenvalue weighted by Crippen LogP contribution is 2.22. The number of nitro benzene ring substituents is 1. The van der Waals surface area contributed by atoms with Crippen LogP contribution in [0.25, 0.3) is 10.9 Å². The van der Waals surface area contributed by atoms with Crippen molar-refractivity contribution in [3.63, 3.8) is 0 Å². The van der Waals surface area contributed by atoms with Gasteiger partial charge in [-0.2, -0.15) is 0 Å². The fourth-order valence-corrected chi connectivity index (χ4v) is 1.18. The van der Waals surface area contributed by atoms with E-state index < -0.39 is 4.92 Å². The van der Waals surface area contributed by atoms with Crippen LogP contribution in [0.2, 0.25) is 0 Å². The number of benzene rings is 1. The Bertz CT molecular complexity index is 463. The summed E-state index contributed by atoms with van der Waals surface area (Å²) in [7, 11) is 0. The maximum Gasteiger partial charge on any atom is 0.286 e. The molecule has 2 rings (SSSR count). The number of hydrogen-bond donors (Lipinski definition) is 0. The largest absolute Gasteiger partial charge is 0.286 e. The monoisotopic (exact) mass is 173 g/mol. The minimum absolute atomic E-state index is 0.0226. The Morgan fingerprint density at radius 2 is 2.31 bits per heavy atom. The summed E-state index contributed by atoms with van der Waals surface area (Å²) in [5.41, 5.74) is 0.596. The van der Waals surface area contributed by atoms with Crippen LogP contribution in [-0.2, 0) is 0 Å². The number of nitrogens with zero attached hydrogens (tertiary/aromatic N) is 2. The van der Waals surface area contributed by atoms with Gasteiger partial charge >= 0.3 is 0 Å². The van der Waals surface area contributed by atoms with Gasteiger partial charge in [0.2, 0.25) is 0 Å². The Morgan fingerprint density at radius 1 is 1.46 bits per heavy atom. The molecule has 0 aliphatic heterocycles. The van der Waals surface area contributed by atoms with Gasteiger partial charge in [0.15, 0.2) is 0 Å². The quantitative estimate of drug-likeness (QED) is 0.489. The number of rotatable bonds is 1. The smallest absolute Gasteiger partial charge is 0.258 e. The van der Waals surface area contributed by atoms with E-state index in [0.717, 1.165) is 0 Å². The molecule has 0 N–H and O–H groups in total. The van der Waals surface area contributed by atoms with Gasteiger partial charge in [0.1, 0.15) is 0 Å². The molecular formula is C9H5N2O2. The van der Waals surface area contributed by atoms with Crippen molar-refractivity contribution in [3.05, 3.63) is 46.6 Å². The summed E-state index contributed by atoms with van der Waals surface area (Å²) in [5, 5.41) is 11.1. The highest BCUT2D eigenvalue weighted by atomic mass is 16.6. The zero-order valence-corrected chi connectivity index (χ0v) is 6.60. The number of fused-ring (bicyclic) bond motifs is 1. The maximum atomic E-state index is 10.6. The molecule has 13 heavy (non-hydrogen) atoms. The molecule has 0 atom stereocenters. The maximum absolute atomic E-state index is 10.6. The van der Waals surface area contributed by atoms with E-state index in [0.29, 0.717) is 10.9 Å². The van der Waals surface area contributed by atoms with Gasteiger partial charge in [-0.25, -0.2) is 0 Å². The Labute approximate surface area is 74.0 Å². The molecular weight excluding hydrogens is 168 g/mol. The SMILES string of the molecule is O=[N+]([O-])c1[c]ccc2ncccc12. The number of pyridine rings is 1. The van der Waals surface area contributed by atoms with Crippen molar-refractivity contribution < 1.29 is 4.92 Å². The van der Waals surface area contributed by atoms with Gasteiger partial charge in [0.05, 0.1) is 21.9 Å². The molecule has 0 spiro atoms. The van der Waals surface area contributed by atoms with Crippen LogP contribution in [0.15, 0.2) is 30.5 Å². The third-order valence-electron chi connectivity index (χ3n) is 1.74. The third-order valence-corrected chi connectivity index (χ3v) is 1.74. The van der Waals surface area contributed by atoms with Gasteiger partial charge in [-0.15, -0.1) is 0 Å². The lowest BCUT2D eigenvalue weighted by Crippen LogP contribution is -1.89. The van der Waals surface area contributed by atoms with Crippen molar-refractivity contribution in [2.75, 3.05) is 0 Å². The molecule has 4 heteroatoms. The first kappa shape index (κ1) is 7.67. The van der Waals surface area contributed by atoms with Crippen molar-refractivity contribution in [3.8, 4) is 0 Å². The summed E-state index contributed by atoms with van der Waals surface area (Å²) >= 11 is 0. The van der Waals surface area contributed by atoms with Gasteiger partial charge in [0, 0.05) is 6.20 Å². The predicted octanol–water partition coefficient (Wildman–Crippen LogP) is 1.94. The van der Waals surface area contributed by atoms with Crippen LogP contribution < -0.4 is 0 Å². The molecule has 0 saturated heterocycles. The lowest BCUT2D eigenvalue weighted by molar-refractivity contribution is -0.383. The standard InChI is InChI=1S/C9H5N2O2/c12-11(13)9-5-1-4-8-7(9)3-2-6-10-8/h1-4,6H. The fourth-order valence-electron chi connectivity index (χ4n) is 1.18. The van der Waals surface area contributed by atoms with Crippen molar-refractivity contribution in [2.24, 2.45) is 0 Å². The van der Waals surface area contributed by atoms with Gasteiger partial charge in [-0.3, -0.25) is 15.1 Å². The van der Waals surface area contributed by atoms with Gasteiger partial charge in [0.25, 0.3) is 5.69 Å². The van der Waals surface area contributed by atoms with Crippen molar-refractivity contribution >= 4 is 16.6 Å². The number of hydrogen-bond acceptors (Lipinski definition) is 3. The van der Waals surface area contributed by atoms with Crippen LogP contribution in [0.4, 0.5) is 5.69 Å². The zero-order valence-electron chi connectivity index (χ0n) is 6.60. The molecule has 0 fully saturated rings. The van der Waals surface area contributed by atoms with E-state index in [-0.39, 0.29) is 5.69 Å². The molecule has 1 aromatic heterocycles. The first-order valence-corrected chi connectivity index (χ1v) is 3.69. The van der Waals surface area contributed by atoms with Crippen LogP contribution in [-0.4, -0.2) is 9.91 Å². The average Bonchev–Trinajstić information content (AvgIpc) is 2.17. The van der Waals surface area contributed by atoms with Crippen LogP contribution in [0, 0.1) is 16.2 Å². The average molecular weight is 173 g/mol. The molecule has 0 aliphatic rings. The first-order valence-electron chi connectivity index (χ1n) is 3.69. The molecule has 1 radical (unpaired) electrons. The Kier molecular flexibility index (Phi) is 1.66. The van der Waals surface area contributed by atoms with Gasteiger partial charge in [-0.1, -0.05) is 0 Å². The normalized spacial score (nSPS) is 10.2. The molecule has 1 heterocycles. The topological polar surface area (TPSA) is 56.0 Å². The minimum Gasteiger partial charge on any atom is -0.258 e. The van der Waals surface area contributed by atoms with E-state index in [1.807, 2.05) is 0 Å². The second kappa shape index (κ2) is 2.82. The second-order valence-electron chi connectivity index (χ2n) is 2.52. The summed E-state index contributed by atoms with van der Waals surface area (Å²) in [6.45, 7) is 0. The fraction of sp³-hybridized carbons (Fsp3) is 0. The Balaban J connectivity index is 2.83. The summed E-state index contributed by atoms with van der Waals surface area (Å²) < 4.78 is 0. The van der Waals surface area contributed by atoms with E-state index in [9.17, 15) is 10.1 Å². The number of non-ortho nitro benzene ring substituents is 1. The molecule has 0 saturated carbocycles. The van der Waals surface area contributed by atoms with Crippen molar-refractivity contribution in [1.29, 1.82) is 0 Å². The van der Waals surface area contributed by atoms with Crippen LogP contribution >= 0.6 is 0 Å². The van der Waals surface area contributed by atoms with Gasteiger partial charge < -0.3 is 0 Å². The van der Waals surface area contributed by atoms with E-state index in [1.165, 1.54) is 6.07 Å². The molecule has 1 aromatic carbocycles. The number of aromatic nitrogens is 1. The second-order valence-corrected chi connectivity index (χ2v) is 2.52. The zero-order chi connectivity index (χ0) is 9.26. The Morgan fingerprint density at radius 3 is 3.08 bits per heavy atom. The molecule has 0 aliphatic carbocycles. The number of nitro groups is 1. The van der Waals surface area contributed by atoms with Crippen LogP contribution in [0.5, 0.6) is 0 Å². The molecule has 0 unspecified atom stereocenters. The Hall–Kier alpha value is -1.97. The van der Waals surface area contributed by atoms with E-state index in [1.54, 1.807) is 24.4 Å². The molecule has 63 valence electrons. The molecule has 2 aromatic rings. The van der Waals surface area contributed by atoms with Crippen LogP contribution in [0.3, 0.4) is 0 Å². The first-order chi connectivity index (χ1) is 6.29. The lowest BCUT2D eigenvalue weighted by atomic mass is 10.2. The highest BCUT2D eigenvalue weighted by molar-refractivity contribution is 5.87. The van der Waals surface area contributed by atoms with Crippen molar-refractivity contribution in [1.82, 2.24) is 4.98 Å².